The van der Waals surface area contributed by atoms with Crippen LogP contribution in [0.5, 0.6) is 23.0 Å². The first-order chi connectivity index (χ1) is 19.9. The van der Waals surface area contributed by atoms with Crippen LogP contribution in [0, 0.1) is 0 Å². The molecule has 10 nitrogen and oxygen atoms in total. The number of esters is 1. The largest absolute Gasteiger partial charge is 0.493 e. The quantitative estimate of drug-likeness (QED) is 0.0901. The Hall–Kier alpha value is -4.86. The average molecular weight is 562 g/mol. The molecule has 0 aliphatic heterocycles. The predicted octanol–water partition coefficient (Wildman–Crippen LogP) is 4.76. The van der Waals surface area contributed by atoms with E-state index in [9.17, 15) is 14.4 Å². The van der Waals surface area contributed by atoms with Crippen molar-refractivity contribution in [3.05, 3.63) is 83.4 Å². The van der Waals surface area contributed by atoms with Crippen molar-refractivity contribution in [3.8, 4) is 23.0 Å². The number of carbonyl (C=O) groups excluding carboxylic acids is 3. The standard InChI is InChI=1S/C31H35N3O7/c1-4-40-28-19-22(14-16-26(28)41-31(37)24-15-17-25(38-2)27(20-24)39-3)21-33-34-29(35)13-9-6-10-18-32-30(36)23-11-7-5-8-12-23/h5,7-8,11-12,14-17,19-21H,4,6,9-10,13,18H2,1-3H3,(H,32,36)(H,34,35)/b33-21+. The molecule has 3 rings (SSSR count). The van der Waals surface area contributed by atoms with Gasteiger partial charge in [-0.2, -0.15) is 5.10 Å². The third-order valence-electron chi connectivity index (χ3n) is 5.89. The summed E-state index contributed by atoms with van der Waals surface area (Å²) in [5.41, 5.74) is 4.08. The average Bonchev–Trinajstić information content (AvgIpc) is 3.00. The number of hydrazone groups is 1. The van der Waals surface area contributed by atoms with Gasteiger partial charge >= 0.3 is 5.97 Å². The number of benzene rings is 3. The van der Waals surface area contributed by atoms with Crippen molar-refractivity contribution in [2.45, 2.75) is 32.6 Å². The maximum Gasteiger partial charge on any atom is 0.343 e. The van der Waals surface area contributed by atoms with Crippen molar-refractivity contribution in [1.82, 2.24) is 10.7 Å². The Morgan fingerprint density at radius 1 is 0.805 bits per heavy atom. The molecule has 2 amide bonds. The van der Waals surface area contributed by atoms with E-state index in [2.05, 4.69) is 15.8 Å². The summed E-state index contributed by atoms with van der Waals surface area (Å²) in [6.45, 7) is 2.72. The summed E-state index contributed by atoms with van der Waals surface area (Å²) in [5, 5.41) is 6.89. The third kappa shape index (κ3) is 9.68. The summed E-state index contributed by atoms with van der Waals surface area (Å²) in [4.78, 5) is 36.9. The molecule has 0 spiro atoms. The van der Waals surface area contributed by atoms with Crippen LogP contribution >= 0.6 is 0 Å². The zero-order chi connectivity index (χ0) is 29.5. The zero-order valence-electron chi connectivity index (χ0n) is 23.5. The minimum Gasteiger partial charge on any atom is -0.493 e. The molecule has 2 N–H and O–H groups in total. The molecule has 0 saturated carbocycles. The van der Waals surface area contributed by atoms with Crippen LogP contribution in [0.2, 0.25) is 0 Å². The highest BCUT2D eigenvalue weighted by Gasteiger charge is 2.16. The molecule has 41 heavy (non-hydrogen) atoms. The first-order valence-electron chi connectivity index (χ1n) is 13.3. The molecule has 0 bridgehead atoms. The Bertz CT molecular complexity index is 1340. The second-order valence-corrected chi connectivity index (χ2v) is 8.82. The van der Waals surface area contributed by atoms with E-state index in [1.165, 1.54) is 26.5 Å². The summed E-state index contributed by atoms with van der Waals surface area (Å²) in [7, 11) is 3.00. The van der Waals surface area contributed by atoms with E-state index in [0.29, 0.717) is 54.4 Å². The van der Waals surface area contributed by atoms with Crippen molar-refractivity contribution in [2.24, 2.45) is 5.10 Å². The van der Waals surface area contributed by atoms with Gasteiger partial charge in [-0.05, 0) is 73.9 Å². The van der Waals surface area contributed by atoms with Crippen LogP contribution < -0.4 is 29.7 Å². The summed E-state index contributed by atoms with van der Waals surface area (Å²) in [6, 6.07) is 18.7. The number of methoxy groups -OCH3 is 2. The fourth-order valence-electron chi connectivity index (χ4n) is 3.80. The first-order valence-corrected chi connectivity index (χ1v) is 13.3. The number of carbonyl (C=O) groups is 3. The molecular weight excluding hydrogens is 526 g/mol. The highest BCUT2D eigenvalue weighted by atomic mass is 16.6. The number of amides is 2. The van der Waals surface area contributed by atoms with Crippen LogP contribution in [0.3, 0.4) is 0 Å². The molecule has 3 aromatic rings. The smallest absolute Gasteiger partial charge is 0.343 e. The van der Waals surface area contributed by atoms with E-state index in [1.807, 2.05) is 25.1 Å². The number of nitrogens with one attached hydrogen (secondary N) is 2. The van der Waals surface area contributed by atoms with Gasteiger partial charge in [0.25, 0.3) is 5.91 Å². The second-order valence-electron chi connectivity index (χ2n) is 8.82. The molecule has 216 valence electrons. The SMILES string of the molecule is CCOc1cc(/C=N/NC(=O)CCCCCNC(=O)c2ccccc2)ccc1OC(=O)c1ccc(OC)c(OC)c1. The van der Waals surface area contributed by atoms with Crippen molar-refractivity contribution in [1.29, 1.82) is 0 Å². The van der Waals surface area contributed by atoms with Crippen LogP contribution in [0.4, 0.5) is 0 Å². The third-order valence-corrected chi connectivity index (χ3v) is 5.89. The van der Waals surface area contributed by atoms with Gasteiger partial charge in [-0.3, -0.25) is 9.59 Å². The van der Waals surface area contributed by atoms with E-state index >= 15 is 0 Å². The highest BCUT2D eigenvalue weighted by Crippen LogP contribution is 2.31. The minimum absolute atomic E-state index is 0.103. The first kappa shape index (κ1) is 30.7. The van der Waals surface area contributed by atoms with Crippen molar-refractivity contribution in [2.75, 3.05) is 27.4 Å². The number of hydrogen-bond donors (Lipinski definition) is 2. The second kappa shape index (κ2) is 16.3. The molecule has 0 radical (unpaired) electrons. The molecule has 3 aromatic carbocycles. The molecule has 0 unspecified atom stereocenters. The van der Waals surface area contributed by atoms with Gasteiger partial charge in [0.1, 0.15) is 0 Å². The predicted molar refractivity (Wildman–Crippen MR) is 155 cm³/mol. The Kier molecular flexibility index (Phi) is 12.2. The summed E-state index contributed by atoms with van der Waals surface area (Å²) in [5.74, 6) is 0.615. The number of unbranched alkanes of at least 4 members (excludes halogenated alkanes) is 2. The van der Waals surface area contributed by atoms with E-state index in [1.54, 1.807) is 42.5 Å². The van der Waals surface area contributed by atoms with Crippen LogP contribution in [0.15, 0.2) is 71.8 Å². The Labute approximate surface area is 239 Å². The Morgan fingerprint density at radius 2 is 1.56 bits per heavy atom. The molecule has 0 fully saturated rings. The Balaban J connectivity index is 1.45. The van der Waals surface area contributed by atoms with Gasteiger partial charge in [-0.1, -0.05) is 24.6 Å². The van der Waals surface area contributed by atoms with E-state index < -0.39 is 5.97 Å². The highest BCUT2D eigenvalue weighted by molar-refractivity contribution is 5.94. The number of rotatable bonds is 15. The number of nitrogens with zero attached hydrogens (tertiary/aromatic N) is 1. The number of hydrogen-bond acceptors (Lipinski definition) is 8. The van der Waals surface area contributed by atoms with Crippen molar-refractivity contribution >= 4 is 24.0 Å². The van der Waals surface area contributed by atoms with Crippen molar-refractivity contribution < 1.29 is 33.3 Å². The zero-order valence-corrected chi connectivity index (χ0v) is 23.5. The van der Waals surface area contributed by atoms with Crippen LogP contribution in [-0.2, 0) is 4.79 Å². The van der Waals surface area contributed by atoms with Gasteiger partial charge < -0.3 is 24.3 Å². The van der Waals surface area contributed by atoms with Crippen LogP contribution in [0.1, 0.15) is 58.9 Å². The molecule has 0 saturated heterocycles. The summed E-state index contributed by atoms with van der Waals surface area (Å²) >= 11 is 0. The number of ether oxygens (including phenoxy) is 4. The van der Waals surface area contributed by atoms with Gasteiger partial charge in [0.2, 0.25) is 5.91 Å². The monoisotopic (exact) mass is 561 g/mol. The van der Waals surface area contributed by atoms with Gasteiger partial charge in [-0.25, -0.2) is 10.2 Å². The fraction of sp³-hybridized carbons (Fsp3) is 0.290. The molecule has 0 aliphatic carbocycles. The maximum atomic E-state index is 12.7. The molecular formula is C31H35N3O7. The van der Waals surface area contributed by atoms with Gasteiger partial charge in [0, 0.05) is 18.5 Å². The fourth-order valence-corrected chi connectivity index (χ4v) is 3.80. The summed E-state index contributed by atoms with van der Waals surface area (Å²) < 4.78 is 21.7. The Morgan fingerprint density at radius 3 is 2.29 bits per heavy atom. The lowest BCUT2D eigenvalue weighted by Crippen LogP contribution is -2.24. The van der Waals surface area contributed by atoms with E-state index in [-0.39, 0.29) is 23.1 Å². The molecule has 0 aromatic heterocycles. The maximum absolute atomic E-state index is 12.7. The van der Waals surface area contributed by atoms with Crippen LogP contribution in [-0.4, -0.2) is 51.4 Å². The lowest BCUT2D eigenvalue weighted by Gasteiger charge is -2.12. The van der Waals surface area contributed by atoms with E-state index in [4.69, 9.17) is 18.9 Å². The molecule has 0 aliphatic rings. The van der Waals surface area contributed by atoms with Gasteiger partial charge in [0.15, 0.2) is 23.0 Å². The molecule has 10 heteroatoms. The van der Waals surface area contributed by atoms with E-state index in [0.717, 1.165) is 12.8 Å². The summed E-state index contributed by atoms with van der Waals surface area (Å²) in [6.07, 6.45) is 4.06. The topological polar surface area (TPSA) is 125 Å². The molecule has 0 atom stereocenters. The van der Waals surface area contributed by atoms with Gasteiger partial charge in [-0.15, -0.1) is 0 Å². The minimum atomic E-state index is -0.584. The lowest BCUT2D eigenvalue weighted by molar-refractivity contribution is -0.121. The molecule has 0 heterocycles. The van der Waals surface area contributed by atoms with Crippen molar-refractivity contribution in [3.63, 3.8) is 0 Å². The lowest BCUT2D eigenvalue weighted by atomic mass is 10.2. The van der Waals surface area contributed by atoms with Gasteiger partial charge in [0.05, 0.1) is 32.6 Å². The van der Waals surface area contributed by atoms with Crippen LogP contribution in [0.25, 0.3) is 0 Å². The normalized spacial score (nSPS) is 10.6.